The standard InChI is InChI=1S/C17H18N2O/c1-3-14-7-4-5-9-17(14)18-12-11-15-8-6-10-16(19-15)13(2)20/h4-10,12H,3,11H2,1-2H3. The van der Waals surface area contributed by atoms with Gasteiger partial charge in [0.25, 0.3) is 0 Å². The number of ketones is 1. The number of carbonyl (C=O) groups is 1. The zero-order valence-corrected chi connectivity index (χ0v) is 11.8. The van der Waals surface area contributed by atoms with Crippen LogP contribution in [0, 0.1) is 0 Å². The summed E-state index contributed by atoms with van der Waals surface area (Å²) in [7, 11) is 0. The van der Waals surface area contributed by atoms with Crippen molar-refractivity contribution in [3.63, 3.8) is 0 Å². The smallest absolute Gasteiger partial charge is 0.178 e. The van der Waals surface area contributed by atoms with Gasteiger partial charge in [0.2, 0.25) is 0 Å². The van der Waals surface area contributed by atoms with E-state index in [-0.39, 0.29) is 5.78 Å². The number of nitrogens with zero attached hydrogens (tertiary/aromatic N) is 2. The minimum absolute atomic E-state index is 0.0138. The number of benzene rings is 1. The number of para-hydroxylation sites is 1. The summed E-state index contributed by atoms with van der Waals surface area (Å²) in [6, 6.07) is 13.6. The zero-order chi connectivity index (χ0) is 14.4. The van der Waals surface area contributed by atoms with Crippen molar-refractivity contribution >= 4 is 17.7 Å². The molecule has 0 N–H and O–H groups in total. The molecule has 0 spiro atoms. The normalized spacial score (nSPS) is 10.9. The Morgan fingerprint density at radius 3 is 2.75 bits per heavy atom. The predicted molar refractivity (Wildman–Crippen MR) is 81.9 cm³/mol. The molecule has 1 aromatic heterocycles. The summed E-state index contributed by atoms with van der Waals surface area (Å²) in [4.78, 5) is 20.1. The molecule has 2 aromatic rings. The van der Waals surface area contributed by atoms with Crippen LogP contribution in [0.5, 0.6) is 0 Å². The fraction of sp³-hybridized carbons (Fsp3) is 0.235. The maximum atomic E-state index is 11.3. The van der Waals surface area contributed by atoms with Gasteiger partial charge in [0, 0.05) is 25.3 Å². The van der Waals surface area contributed by atoms with Gasteiger partial charge in [0.05, 0.1) is 5.69 Å². The molecule has 0 atom stereocenters. The van der Waals surface area contributed by atoms with Crippen molar-refractivity contribution in [2.24, 2.45) is 4.99 Å². The third kappa shape index (κ3) is 3.60. The van der Waals surface area contributed by atoms with Crippen LogP contribution >= 0.6 is 0 Å². The molecular formula is C17H18N2O. The third-order valence-corrected chi connectivity index (χ3v) is 3.07. The molecule has 3 heteroatoms. The van der Waals surface area contributed by atoms with Crippen LogP contribution in [0.15, 0.2) is 47.5 Å². The predicted octanol–water partition coefficient (Wildman–Crippen LogP) is 3.79. The highest BCUT2D eigenvalue weighted by atomic mass is 16.1. The highest BCUT2D eigenvalue weighted by Crippen LogP contribution is 2.18. The molecule has 0 saturated heterocycles. The van der Waals surface area contributed by atoms with Crippen molar-refractivity contribution < 1.29 is 4.79 Å². The molecule has 0 saturated carbocycles. The molecule has 3 nitrogen and oxygen atoms in total. The first-order valence-corrected chi connectivity index (χ1v) is 6.78. The number of rotatable bonds is 5. The van der Waals surface area contributed by atoms with Crippen molar-refractivity contribution in [1.29, 1.82) is 0 Å². The molecule has 1 aromatic carbocycles. The van der Waals surface area contributed by atoms with Gasteiger partial charge in [-0.15, -0.1) is 0 Å². The number of carbonyl (C=O) groups excluding carboxylic acids is 1. The Hall–Kier alpha value is -2.29. The molecule has 0 radical (unpaired) electrons. The molecule has 0 unspecified atom stereocenters. The van der Waals surface area contributed by atoms with Crippen LogP contribution in [0.1, 0.15) is 35.6 Å². The number of pyridine rings is 1. The van der Waals surface area contributed by atoms with Gasteiger partial charge in [-0.25, -0.2) is 4.98 Å². The number of aromatic nitrogens is 1. The second kappa shape index (κ2) is 6.75. The van der Waals surface area contributed by atoms with Crippen molar-refractivity contribution in [3.8, 4) is 0 Å². The summed E-state index contributed by atoms with van der Waals surface area (Å²) in [5.74, 6) is -0.0138. The molecule has 0 fully saturated rings. The number of aryl methyl sites for hydroxylation is 1. The van der Waals surface area contributed by atoms with E-state index in [1.54, 1.807) is 6.07 Å². The van der Waals surface area contributed by atoms with E-state index in [0.29, 0.717) is 12.1 Å². The Balaban J connectivity index is 2.10. The van der Waals surface area contributed by atoms with Gasteiger partial charge in [0.1, 0.15) is 5.69 Å². The molecule has 1 heterocycles. The van der Waals surface area contributed by atoms with E-state index < -0.39 is 0 Å². The van der Waals surface area contributed by atoms with Gasteiger partial charge in [-0.1, -0.05) is 31.2 Å². The van der Waals surface area contributed by atoms with E-state index >= 15 is 0 Å². The van der Waals surface area contributed by atoms with Gasteiger partial charge in [0.15, 0.2) is 5.78 Å². The highest BCUT2D eigenvalue weighted by molar-refractivity contribution is 5.92. The largest absolute Gasteiger partial charge is 0.293 e. The van der Waals surface area contributed by atoms with E-state index in [1.807, 2.05) is 36.5 Å². The van der Waals surface area contributed by atoms with E-state index in [4.69, 9.17) is 0 Å². The summed E-state index contributed by atoms with van der Waals surface area (Å²) in [5.41, 5.74) is 3.59. The van der Waals surface area contributed by atoms with Crippen LogP contribution in [0.2, 0.25) is 0 Å². The van der Waals surface area contributed by atoms with Gasteiger partial charge in [-0.05, 0) is 30.2 Å². The minimum Gasteiger partial charge on any atom is -0.293 e. The van der Waals surface area contributed by atoms with Crippen LogP contribution < -0.4 is 0 Å². The Kier molecular flexibility index (Phi) is 4.77. The third-order valence-electron chi connectivity index (χ3n) is 3.07. The van der Waals surface area contributed by atoms with Crippen LogP contribution in [0.25, 0.3) is 0 Å². The van der Waals surface area contributed by atoms with Crippen molar-refractivity contribution in [1.82, 2.24) is 4.98 Å². The number of Topliss-reactive ketones (excluding diaryl/α,β-unsaturated/α-hetero) is 1. The molecule has 0 aliphatic carbocycles. The van der Waals surface area contributed by atoms with E-state index in [0.717, 1.165) is 17.8 Å². The van der Waals surface area contributed by atoms with Crippen molar-refractivity contribution in [2.75, 3.05) is 0 Å². The lowest BCUT2D eigenvalue weighted by Crippen LogP contribution is -2.00. The van der Waals surface area contributed by atoms with Crippen LogP contribution in [0.4, 0.5) is 5.69 Å². The number of hydrogen-bond acceptors (Lipinski definition) is 3. The summed E-state index contributed by atoms with van der Waals surface area (Å²) < 4.78 is 0. The molecule has 2 rings (SSSR count). The fourth-order valence-corrected chi connectivity index (χ4v) is 1.96. The first-order chi connectivity index (χ1) is 9.70. The maximum Gasteiger partial charge on any atom is 0.178 e. The quantitative estimate of drug-likeness (QED) is 0.610. The zero-order valence-electron chi connectivity index (χ0n) is 11.8. The SMILES string of the molecule is CCc1ccccc1N=CCc1cccc(C(C)=O)n1. The molecule has 0 amide bonds. The summed E-state index contributed by atoms with van der Waals surface area (Å²) in [6.45, 7) is 3.64. The van der Waals surface area contributed by atoms with Crippen molar-refractivity contribution in [3.05, 3.63) is 59.4 Å². The molecule has 20 heavy (non-hydrogen) atoms. The summed E-state index contributed by atoms with van der Waals surface area (Å²) >= 11 is 0. The lowest BCUT2D eigenvalue weighted by molar-refractivity contribution is 0.101. The molecule has 0 aliphatic rings. The van der Waals surface area contributed by atoms with Crippen molar-refractivity contribution in [2.45, 2.75) is 26.7 Å². The van der Waals surface area contributed by atoms with E-state index in [9.17, 15) is 4.79 Å². The maximum absolute atomic E-state index is 11.3. The fourth-order valence-electron chi connectivity index (χ4n) is 1.96. The highest BCUT2D eigenvalue weighted by Gasteiger charge is 2.01. The second-order valence-electron chi connectivity index (χ2n) is 4.57. The summed E-state index contributed by atoms with van der Waals surface area (Å²) in [6.07, 6.45) is 3.44. The van der Waals surface area contributed by atoms with Gasteiger partial charge < -0.3 is 0 Å². The van der Waals surface area contributed by atoms with Crippen LogP contribution in [0.3, 0.4) is 0 Å². The topological polar surface area (TPSA) is 42.3 Å². The van der Waals surface area contributed by atoms with Gasteiger partial charge >= 0.3 is 0 Å². The Morgan fingerprint density at radius 2 is 2.00 bits per heavy atom. The molecular weight excluding hydrogens is 248 g/mol. The van der Waals surface area contributed by atoms with Gasteiger partial charge in [-0.2, -0.15) is 0 Å². The monoisotopic (exact) mass is 266 g/mol. The van der Waals surface area contributed by atoms with E-state index in [1.165, 1.54) is 12.5 Å². The number of aliphatic imine (C=N–C) groups is 1. The van der Waals surface area contributed by atoms with Crippen LogP contribution in [-0.2, 0) is 12.8 Å². The first-order valence-electron chi connectivity index (χ1n) is 6.78. The van der Waals surface area contributed by atoms with Crippen LogP contribution in [-0.4, -0.2) is 17.0 Å². The van der Waals surface area contributed by atoms with Gasteiger partial charge in [-0.3, -0.25) is 9.79 Å². The van der Waals surface area contributed by atoms with E-state index in [2.05, 4.69) is 23.0 Å². The Morgan fingerprint density at radius 1 is 1.20 bits per heavy atom. The summed E-state index contributed by atoms with van der Waals surface area (Å²) in [5, 5.41) is 0. The average molecular weight is 266 g/mol. The Labute approximate surface area is 119 Å². The molecule has 102 valence electrons. The lowest BCUT2D eigenvalue weighted by Gasteiger charge is -2.02. The molecule has 0 bridgehead atoms. The lowest BCUT2D eigenvalue weighted by atomic mass is 10.1. The average Bonchev–Trinajstić information content (AvgIpc) is 2.48. The minimum atomic E-state index is -0.0138. The Bertz CT molecular complexity index is 632. The number of hydrogen-bond donors (Lipinski definition) is 0. The molecule has 0 aliphatic heterocycles. The first kappa shape index (κ1) is 14.1. The second-order valence-corrected chi connectivity index (χ2v) is 4.57.